The van der Waals surface area contributed by atoms with E-state index in [1.165, 1.54) is 124 Å². The largest absolute Gasteiger partial charge is 0.493 e. The molecular formula is C84H100O8S8. The molecule has 15 rings (SSSR count). The van der Waals surface area contributed by atoms with Gasteiger partial charge in [0.2, 0.25) is 0 Å². The molecule has 0 saturated heterocycles. The lowest BCUT2D eigenvalue weighted by molar-refractivity contribution is 0.285. The number of benzene rings is 7. The molecule has 0 spiro atoms. The molecule has 8 aliphatic rings. The monoisotopic (exact) mass is 1490 g/mol. The maximum absolute atomic E-state index is 7.14. The van der Waals surface area contributed by atoms with Crippen LogP contribution in [0.1, 0.15) is 249 Å². The molecule has 7 aromatic rings. The number of thioether (sulfide) groups is 8. The van der Waals surface area contributed by atoms with Crippen LogP contribution in [-0.4, -0.2) is 77.9 Å². The molecule has 532 valence electrons. The van der Waals surface area contributed by atoms with Gasteiger partial charge in [-0.2, -0.15) is 0 Å². The molecule has 6 aliphatic carbocycles. The number of fused-ring (bicyclic) bond motifs is 2. The zero-order valence-corrected chi connectivity index (χ0v) is 67.3. The molecule has 16 heteroatoms. The summed E-state index contributed by atoms with van der Waals surface area (Å²) in [4.78, 5) is 0. The minimum atomic E-state index is -0.266. The van der Waals surface area contributed by atoms with Crippen molar-refractivity contribution in [2.45, 2.75) is 182 Å². The van der Waals surface area contributed by atoms with Crippen molar-refractivity contribution in [3.8, 4) is 46.0 Å². The summed E-state index contributed by atoms with van der Waals surface area (Å²) in [5.41, 5.74) is 14.7. The van der Waals surface area contributed by atoms with Crippen molar-refractivity contribution in [2.75, 3.05) is 77.9 Å². The molecule has 100 heavy (non-hydrogen) atoms. The van der Waals surface area contributed by atoms with Gasteiger partial charge in [0.15, 0.2) is 0 Å². The van der Waals surface area contributed by atoms with Gasteiger partial charge in [0.25, 0.3) is 0 Å². The van der Waals surface area contributed by atoms with E-state index < -0.39 is 0 Å². The minimum absolute atomic E-state index is 0.266. The van der Waals surface area contributed by atoms with E-state index in [4.69, 9.17) is 37.9 Å². The Hall–Kier alpha value is -4.52. The van der Waals surface area contributed by atoms with Crippen LogP contribution in [0.15, 0.2) is 89.7 Å². The van der Waals surface area contributed by atoms with Crippen LogP contribution in [0.25, 0.3) is 30.0 Å². The van der Waals surface area contributed by atoms with Crippen LogP contribution in [0.5, 0.6) is 46.0 Å². The third kappa shape index (κ3) is 13.9. The van der Waals surface area contributed by atoms with Crippen molar-refractivity contribution in [1.82, 2.24) is 0 Å². The average Bonchev–Trinajstić information content (AvgIpc) is 0.700. The fourth-order valence-electron chi connectivity index (χ4n) is 15.3. The van der Waals surface area contributed by atoms with Crippen LogP contribution >= 0.6 is 94.1 Å². The van der Waals surface area contributed by atoms with E-state index in [2.05, 4.69) is 153 Å². The molecule has 8 nitrogen and oxygen atoms in total. The van der Waals surface area contributed by atoms with E-state index in [-0.39, 0.29) is 23.7 Å². The fraction of sp³-hybridized carbons (Fsp3) is 0.476. The average molecular weight is 1490 g/mol. The van der Waals surface area contributed by atoms with Gasteiger partial charge in [-0.05, 0) is 193 Å². The summed E-state index contributed by atoms with van der Waals surface area (Å²) in [6.45, 7) is 23.0. The second-order valence-corrected chi connectivity index (χ2v) is 35.6. The van der Waals surface area contributed by atoms with Crippen molar-refractivity contribution in [2.24, 2.45) is 0 Å². The molecule has 0 radical (unpaired) electrons. The normalized spacial score (nSPS) is 17.4. The van der Waals surface area contributed by atoms with Crippen LogP contribution in [0.4, 0.5) is 0 Å². The van der Waals surface area contributed by atoms with Crippen molar-refractivity contribution in [3.63, 3.8) is 0 Å². The number of ether oxygens (including phenoxy) is 8. The highest BCUT2D eigenvalue weighted by atomic mass is 32.3. The molecule has 0 aromatic heterocycles. The van der Waals surface area contributed by atoms with Crippen LogP contribution in [-0.2, 0) is 0 Å². The van der Waals surface area contributed by atoms with Crippen molar-refractivity contribution in [3.05, 3.63) is 167 Å². The summed E-state index contributed by atoms with van der Waals surface area (Å²) in [5.74, 6) is 6.34. The number of hydrogen-bond acceptors (Lipinski definition) is 16. The summed E-state index contributed by atoms with van der Waals surface area (Å²) >= 11 is 15.3. The molecule has 2 aliphatic heterocycles. The fourth-order valence-corrected chi connectivity index (χ4v) is 25.5. The van der Waals surface area contributed by atoms with Gasteiger partial charge < -0.3 is 37.9 Å². The molecule has 0 amide bonds. The number of unbranched alkanes of at least 4 members (excludes halogenated alkanes) is 8. The Morgan fingerprint density at radius 1 is 0.260 bits per heavy atom. The number of rotatable bonds is 36. The Kier molecular flexibility index (Phi) is 25.2. The molecule has 0 N–H and O–H groups in total. The Balaban J connectivity index is 1.21. The molecule has 2 heterocycles. The maximum Gasteiger partial charge on any atom is 0.124 e. The summed E-state index contributed by atoms with van der Waals surface area (Å²) in [6, 6.07) is 28.4. The van der Waals surface area contributed by atoms with E-state index >= 15 is 0 Å². The lowest BCUT2D eigenvalue weighted by Crippen LogP contribution is -2.32. The first-order chi connectivity index (χ1) is 49.2. The predicted octanol–water partition coefficient (Wildman–Crippen LogP) is 24.2. The van der Waals surface area contributed by atoms with Gasteiger partial charge in [0, 0.05) is 78.6 Å². The highest BCUT2D eigenvalue weighted by Crippen LogP contribution is 2.68. The predicted molar refractivity (Wildman–Crippen MR) is 439 cm³/mol. The third-order valence-corrected chi connectivity index (χ3v) is 30.6. The molecule has 7 aromatic carbocycles. The van der Waals surface area contributed by atoms with Gasteiger partial charge in [-0.3, -0.25) is 0 Å². The van der Waals surface area contributed by atoms with Crippen LogP contribution < -0.4 is 48.3 Å². The summed E-state index contributed by atoms with van der Waals surface area (Å²) in [6.07, 6.45) is 24.9. The van der Waals surface area contributed by atoms with E-state index in [0.717, 1.165) is 149 Å². The first-order valence-electron chi connectivity index (χ1n) is 37.1. The third-order valence-electron chi connectivity index (χ3n) is 20.2. The van der Waals surface area contributed by atoms with Gasteiger partial charge in [0.05, 0.1) is 78.3 Å². The molecular weight excluding hydrogens is 1390 g/mol. The van der Waals surface area contributed by atoms with Crippen LogP contribution in [0.2, 0.25) is 0 Å². The van der Waals surface area contributed by atoms with Gasteiger partial charge in [-0.15, -0.1) is 47.0 Å². The lowest BCUT2D eigenvalue weighted by Gasteiger charge is -2.45. The number of hydrogen-bond donors (Lipinski definition) is 0. The highest BCUT2D eigenvalue weighted by Gasteiger charge is 2.51. The summed E-state index contributed by atoms with van der Waals surface area (Å²) in [5, 5.41) is 7.59. The molecule has 0 atom stereocenters. The van der Waals surface area contributed by atoms with Gasteiger partial charge in [0.1, 0.15) is 46.0 Å². The Morgan fingerprint density at radius 3 is 0.560 bits per heavy atom. The minimum Gasteiger partial charge on any atom is -0.493 e. The quantitative estimate of drug-likeness (QED) is 0.0276. The Labute approximate surface area is 629 Å². The first-order valence-corrected chi connectivity index (χ1v) is 45.3. The van der Waals surface area contributed by atoms with Crippen molar-refractivity contribution in [1.29, 1.82) is 0 Å². The molecule has 0 unspecified atom stereocenters. The van der Waals surface area contributed by atoms with E-state index in [1.54, 1.807) is 0 Å². The lowest BCUT2D eigenvalue weighted by atomic mass is 9.59. The van der Waals surface area contributed by atoms with Crippen molar-refractivity contribution < 1.29 is 37.9 Å². The van der Waals surface area contributed by atoms with E-state index in [1.807, 2.05) is 94.1 Å². The second kappa shape index (κ2) is 34.2. The molecule has 0 fully saturated rings. The molecule has 4 bridgehead atoms. The Bertz CT molecular complexity index is 3700. The SMILES string of the molecule is CCCCOc1ccc(OCCCC)c2c1C1c3cc4c(=C5SC(SC)=C(SC)S5)c5cc6c(cc5c(=C5SC(SC)=C(SC)S5)c4cc3C2c2c(OCCCC)ccc(OCCCC)c21)C1c2c(OCCCC)ccc(OCCCC)c2C6c2c(OCCCC)ccc(OCCCC)c21. The first kappa shape index (κ1) is 73.8. The molecule has 0 saturated carbocycles. The van der Waals surface area contributed by atoms with Gasteiger partial charge in [-0.1, -0.05) is 154 Å². The second-order valence-electron chi connectivity index (χ2n) is 26.7. The highest BCUT2D eigenvalue weighted by molar-refractivity contribution is 8.46. The summed E-state index contributed by atoms with van der Waals surface area (Å²) in [7, 11) is 0. The smallest absolute Gasteiger partial charge is 0.124 e. The van der Waals surface area contributed by atoms with Crippen LogP contribution in [0, 0.1) is 0 Å². The van der Waals surface area contributed by atoms with E-state index in [0.29, 0.717) is 52.9 Å². The zero-order chi connectivity index (χ0) is 69.6. The topological polar surface area (TPSA) is 73.8 Å². The summed E-state index contributed by atoms with van der Waals surface area (Å²) < 4.78 is 65.1. The van der Waals surface area contributed by atoms with E-state index in [9.17, 15) is 0 Å². The van der Waals surface area contributed by atoms with Gasteiger partial charge in [-0.25, -0.2) is 0 Å². The van der Waals surface area contributed by atoms with Crippen LogP contribution in [0.3, 0.4) is 0 Å². The van der Waals surface area contributed by atoms with Gasteiger partial charge >= 0.3 is 0 Å². The Morgan fingerprint density at radius 2 is 0.420 bits per heavy atom. The maximum atomic E-state index is 7.14. The van der Waals surface area contributed by atoms with Crippen molar-refractivity contribution >= 4 is 124 Å². The zero-order valence-electron chi connectivity index (χ0n) is 60.7. The standard InChI is InChI=1S/C84H100O8S8/c1-13-21-37-85-57-29-30-58(86-38-22-14-2)72-68-54-46-50-49(45-53(54)67(71(57)72)73-59(87-39-23-15-3)31-32-60(74(68)73)88-40-24-16-4)65(79-97-81(93-9)82(94-10)98-79)51-47-55-56(48-52(51)66(50)80-99-83(95-11)84(96-12)100-80)70-77-63(91-43-27-19-7)35-33-61(89-41-25-17-5)75(77)69(55)76-62(90-42-26-18-6)34-36-64(78(70)76)92-44-28-20-8/h29-36,45-48,67-70H,13-28,37-44H2,1-12H3.